The van der Waals surface area contributed by atoms with Crippen molar-refractivity contribution >= 4 is 58.3 Å². The van der Waals surface area contributed by atoms with E-state index in [-0.39, 0.29) is 45.6 Å². The van der Waals surface area contributed by atoms with Crippen LogP contribution in [0.25, 0.3) is 0 Å². The third-order valence-corrected chi connectivity index (χ3v) is 12.0. The zero-order chi connectivity index (χ0) is 39.1. The number of ether oxygens (including phenoxy) is 1. The number of phenolic OH excluding ortho intramolecular Hbond substituents is 1. The fourth-order valence-electron chi connectivity index (χ4n) is 9.25. The van der Waals surface area contributed by atoms with E-state index in [0.717, 1.165) is 21.0 Å². The second-order valence-electron chi connectivity index (χ2n) is 14.0. The molecular formula is C40H31Cl2F3N4O6. The maximum Gasteiger partial charge on any atom is 0.433 e. The predicted octanol–water partition coefficient (Wildman–Crippen LogP) is 7.34. The molecule has 0 radical (unpaired) electrons. The zero-order valence-corrected chi connectivity index (χ0v) is 30.6. The lowest BCUT2D eigenvalue weighted by Gasteiger charge is -2.50. The van der Waals surface area contributed by atoms with Crippen molar-refractivity contribution in [1.82, 2.24) is 9.99 Å². The van der Waals surface area contributed by atoms with Crippen LogP contribution in [-0.4, -0.2) is 52.9 Å². The number of hydrazine groups is 1. The molecule has 3 aromatic carbocycles. The molecule has 2 aliphatic carbocycles. The van der Waals surface area contributed by atoms with Crippen LogP contribution in [0, 0.1) is 23.7 Å². The van der Waals surface area contributed by atoms with E-state index in [1.165, 1.54) is 26.3 Å². The normalized spacial score (nSPS) is 26.1. The summed E-state index contributed by atoms with van der Waals surface area (Å²) in [6.45, 7) is 0. The van der Waals surface area contributed by atoms with Gasteiger partial charge in [-0.3, -0.25) is 24.2 Å². The Labute approximate surface area is 322 Å². The molecule has 3 heterocycles. The monoisotopic (exact) mass is 790 g/mol. The van der Waals surface area contributed by atoms with E-state index in [4.69, 9.17) is 27.9 Å². The number of carbonyl (C=O) groups excluding carboxylic acids is 4. The molecular weight excluding hydrogens is 760 g/mol. The molecule has 1 N–H and O–H groups in total. The van der Waals surface area contributed by atoms with E-state index >= 15 is 4.79 Å². The van der Waals surface area contributed by atoms with Crippen LogP contribution in [0.3, 0.4) is 0 Å². The van der Waals surface area contributed by atoms with E-state index < -0.39 is 76.3 Å². The number of nitrogens with zero attached hydrogens (tertiary/aromatic N) is 4. The fraction of sp³-hybridized carbons (Fsp3) is 0.275. The lowest BCUT2D eigenvalue weighted by atomic mass is 9.49. The summed E-state index contributed by atoms with van der Waals surface area (Å²) in [6.07, 6.45) is -3.09. The number of amides is 4. The van der Waals surface area contributed by atoms with Gasteiger partial charge in [-0.15, -0.1) is 0 Å². The molecule has 15 heteroatoms. The maximum absolute atomic E-state index is 15.4. The van der Waals surface area contributed by atoms with Gasteiger partial charge in [0.2, 0.25) is 11.8 Å². The molecule has 1 aromatic heterocycles. The molecule has 2 saturated heterocycles. The van der Waals surface area contributed by atoms with Crippen molar-refractivity contribution in [2.75, 3.05) is 24.1 Å². The Morgan fingerprint density at radius 3 is 2.33 bits per heavy atom. The lowest BCUT2D eigenvalue weighted by molar-refractivity contribution is -0.141. The minimum absolute atomic E-state index is 0.0112. The summed E-state index contributed by atoms with van der Waals surface area (Å²) in [4.78, 5) is 63.9. The molecule has 4 aromatic rings. The summed E-state index contributed by atoms with van der Waals surface area (Å²) in [5, 5.41) is 13.4. The Morgan fingerprint density at radius 1 is 0.909 bits per heavy atom. The highest BCUT2D eigenvalue weighted by atomic mass is 35.5. The molecule has 282 valence electrons. The molecule has 55 heavy (non-hydrogen) atoms. The number of pyridine rings is 1. The smallest absolute Gasteiger partial charge is 0.433 e. The number of rotatable bonds is 6. The standard InChI is InChI=1S/C40H31Cl2F3N4O6/c1-47(34-27(42)16-17-30(46-34)40(43,44)45)49-35(51)24-15-14-23-25(31(24)37(49)53)19-26-36(52)48(22-11-6-10-21(41)18-22)38(54)39(26,20-8-4-3-5-9-20)33(23)32-28(50)12-7-13-29(32)55-2/h3-14,16-18,24-26,31,33,50H,15,19H2,1-2H3/t24-,25+,26-,31-,33+,39+/m0/s1. The Morgan fingerprint density at radius 2 is 1.64 bits per heavy atom. The van der Waals surface area contributed by atoms with Crippen molar-refractivity contribution in [3.63, 3.8) is 0 Å². The Hall–Kier alpha value is -5.40. The SMILES string of the molecule is COc1cccc(O)c1[C@H]1C2=CC[C@@H]3C(=O)N(N(C)c4nc(C(F)(F)F)ccc4Cl)C(=O)[C@@H]3[C@@H]2C[C@H]2C(=O)N(c3cccc(Cl)c3)C(=O)[C@@]12c1ccccc1. The largest absolute Gasteiger partial charge is 0.508 e. The van der Waals surface area contributed by atoms with Gasteiger partial charge >= 0.3 is 6.18 Å². The first-order valence-electron chi connectivity index (χ1n) is 17.3. The number of allylic oxidation sites excluding steroid dienone is 2. The quantitative estimate of drug-likeness (QED) is 0.159. The van der Waals surface area contributed by atoms with Gasteiger partial charge in [0.1, 0.15) is 17.2 Å². The predicted molar refractivity (Wildman–Crippen MR) is 195 cm³/mol. The molecule has 2 aliphatic heterocycles. The molecule has 10 nitrogen and oxygen atoms in total. The number of benzene rings is 3. The van der Waals surface area contributed by atoms with Crippen molar-refractivity contribution in [2.45, 2.75) is 30.4 Å². The number of phenols is 1. The summed E-state index contributed by atoms with van der Waals surface area (Å²) in [6, 6.07) is 21.4. The van der Waals surface area contributed by atoms with Gasteiger partial charge in [0.25, 0.3) is 11.8 Å². The van der Waals surface area contributed by atoms with Crippen LogP contribution >= 0.6 is 23.2 Å². The van der Waals surface area contributed by atoms with Crippen LogP contribution in [-0.2, 0) is 30.8 Å². The van der Waals surface area contributed by atoms with Gasteiger partial charge in [0.15, 0.2) is 5.82 Å². The van der Waals surface area contributed by atoms with E-state index in [9.17, 15) is 32.7 Å². The van der Waals surface area contributed by atoms with Crippen LogP contribution in [0.15, 0.2) is 96.6 Å². The Balaban J connectivity index is 1.32. The second-order valence-corrected chi connectivity index (χ2v) is 14.8. The van der Waals surface area contributed by atoms with Crippen LogP contribution in [0.2, 0.25) is 10.0 Å². The lowest BCUT2D eigenvalue weighted by Crippen LogP contribution is -2.53. The van der Waals surface area contributed by atoms with E-state index in [0.29, 0.717) is 17.2 Å². The summed E-state index contributed by atoms with van der Waals surface area (Å²) >= 11 is 12.7. The number of methoxy groups -OCH3 is 1. The van der Waals surface area contributed by atoms with Gasteiger partial charge in [-0.05, 0) is 66.8 Å². The molecule has 4 aliphatic rings. The second kappa shape index (κ2) is 13.1. The summed E-state index contributed by atoms with van der Waals surface area (Å²) in [7, 11) is 2.64. The zero-order valence-electron chi connectivity index (χ0n) is 29.1. The fourth-order valence-corrected chi connectivity index (χ4v) is 9.66. The van der Waals surface area contributed by atoms with Gasteiger partial charge < -0.3 is 9.84 Å². The van der Waals surface area contributed by atoms with Crippen LogP contribution in [0.1, 0.15) is 35.6 Å². The number of hydrogen-bond donors (Lipinski definition) is 1. The molecule has 8 rings (SSSR count). The van der Waals surface area contributed by atoms with Crippen molar-refractivity contribution < 1.29 is 42.2 Å². The maximum atomic E-state index is 15.4. The highest BCUT2D eigenvalue weighted by Crippen LogP contribution is 2.66. The number of aromatic hydroxyl groups is 1. The minimum Gasteiger partial charge on any atom is -0.508 e. The Bertz CT molecular complexity index is 2320. The van der Waals surface area contributed by atoms with Gasteiger partial charge in [-0.25, -0.2) is 9.88 Å². The molecule has 0 spiro atoms. The molecule has 0 bridgehead atoms. The number of halogens is 5. The number of carbonyl (C=O) groups is 4. The highest BCUT2D eigenvalue weighted by molar-refractivity contribution is 6.33. The first-order chi connectivity index (χ1) is 26.2. The first-order valence-corrected chi connectivity index (χ1v) is 18.1. The first kappa shape index (κ1) is 36.6. The number of hydrogen-bond acceptors (Lipinski definition) is 8. The molecule has 1 saturated carbocycles. The van der Waals surface area contributed by atoms with Crippen LogP contribution in [0.5, 0.6) is 11.5 Å². The highest BCUT2D eigenvalue weighted by Gasteiger charge is 2.71. The van der Waals surface area contributed by atoms with Gasteiger partial charge in [-0.2, -0.15) is 18.2 Å². The summed E-state index contributed by atoms with van der Waals surface area (Å²) < 4.78 is 46.9. The van der Waals surface area contributed by atoms with E-state index in [1.54, 1.807) is 66.7 Å². The number of alkyl halides is 3. The van der Waals surface area contributed by atoms with Crippen LogP contribution in [0.4, 0.5) is 24.7 Å². The van der Waals surface area contributed by atoms with Crippen molar-refractivity contribution in [1.29, 1.82) is 0 Å². The van der Waals surface area contributed by atoms with Gasteiger partial charge in [-0.1, -0.05) is 77.3 Å². The van der Waals surface area contributed by atoms with Crippen molar-refractivity contribution in [3.8, 4) is 11.5 Å². The molecule has 0 unspecified atom stereocenters. The number of imide groups is 2. The third-order valence-electron chi connectivity index (χ3n) is 11.4. The number of aromatic nitrogens is 1. The molecule has 4 amide bonds. The average molecular weight is 792 g/mol. The van der Waals surface area contributed by atoms with Gasteiger partial charge in [0, 0.05) is 23.6 Å². The topological polar surface area (TPSA) is 120 Å². The average Bonchev–Trinajstić information content (AvgIpc) is 3.55. The van der Waals surface area contributed by atoms with Crippen molar-refractivity contribution in [2.24, 2.45) is 23.7 Å². The van der Waals surface area contributed by atoms with Crippen molar-refractivity contribution in [3.05, 3.63) is 123 Å². The van der Waals surface area contributed by atoms with E-state index in [1.807, 2.05) is 0 Å². The number of fused-ring (bicyclic) bond motifs is 4. The third kappa shape index (κ3) is 5.34. The number of anilines is 2. The molecule has 3 fully saturated rings. The minimum atomic E-state index is -4.83. The summed E-state index contributed by atoms with van der Waals surface area (Å²) in [5.74, 6) is -8.15. The molecule has 6 atom stereocenters. The summed E-state index contributed by atoms with van der Waals surface area (Å²) in [5.41, 5.74) is -1.48. The van der Waals surface area contributed by atoms with E-state index in [2.05, 4.69) is 4.98 Å². The van der Waals surface area contributed by atoms with Gasteiger partial charge in [0.05, 0.1) is 41.0 Å². The van der Waals surface area contributed by atoms with Crippen LogP contribution < -0.4 is 14.6 Å². The Kier molecular flexibility index (Phi) is 8.73.